The van der Waals surface area contributed by atoms with Crippen LogP contribution in [0, 0.1) is 40.4 Å². The van der Waals surface area contributed by atoms with Crippen LogP contribution < -0.4 is 5.32 Å². The van der Waals surface area contributed by atoms with Crippen LogP contribution in [0.5, 0.6) is 0 Å². The minimum Gasteiger partial charge on any atom is -0.462 e. The molecule has 5 nitrogen and oxygen atoms in total. The number of nitrogens with one attached hydrogen (secondary N) is 1. The van der Waals surface area contributed by atoms with Crippen molar-refractivity contribution in [1.29, 1.82) is 0 Å². The molecule has 5 rings (SSSR count). The van der Waals surface area contributed by atoms with E-state index in [1.165, 1.54) is 0 Å². The highest BCUT2D eigenvalue weighted by molar-refractivity contribution is 5.88. The van der Waals surface area contributed by atoms with E-state index in [0.29, 0.717) is 48.6 Å². The lowest BCUT2D eigenvalue weighted by Crippen LogP contribution is -2.57. The Labute approximate surface area is 180 Å². The first-order valence-corrected chi connectivity index (χ1v) is 12.3. The van der Waals surface area contributed by atoms with E-state index in [9.17, 15) is 14.4 Å². The van der Waals surface area contributed by atoms with Crippen LogP contribution in [0.15, 0.2) is 0 Å². The number of hydrogen-bond donors (Lipinski definition) is 1. The SMILES string of the molecule is C[C@]12CCC(OC(=O)C3CCNCC3)C[C@@H]1C(=O)C[C@@H]1[C@@H]2CC[C@]2(C)C(=O)CC[C@@H]12. The first kappa shape index (κ1) is 20.7. The minimum absolute atomic E-state index is 0.00460. The molecular weight excluding hydrogens is 378 g/mol. The van der Waals surface area contributed by atoms with E-state index in [0.717, 1.165) is 58.0 Å². The lowest BCUT2D eigenvalue weighted by molar-refractivity contribution is -0.172. The number of hydrogen-bond acceptors (Lipinski definition) is 5. The second-order valence-electron chi connectivity index (χ2n) is 11.4. The summed E-state index contributed by atoms with van der Waals surface area (Å²) in [5.41, 5.74) is -0.184. The quantitative estimate of drug-likeness (QED) is 0.697. The summed E-state index contributed by atoms with van der Waals surface area (Å²) in [4.78, 5) is 38.6. The van der Waals surface area contributed by atoms with Crippen LogP contribution >= 0.6 is 0 Å². The maximum Gasteiger partial charge on any atom is 0.309 e. The first-order chi connectivity index (χ1) is 14.3. The molecule has 4 aliphatic carbocycles. The number of carbonyl (C=O) groups is 3. The lowest BCUT2D eigenvalue weighted by atomic mass is 9.45. The molecule has 30 heavy (non-hydrogen) atoms. The van der Waals surface area contributed by atoms with Gasteiger partial charge in [-0.15, -0.1) is 0 Å². The fraction of sp³-hybridized carbons (Fsp3) is 0.880. The zero-order valence-electron chi connectivity index (χ0n) is 18.6. The van der Waals surface area contributed by atoms with E-state index in [-0.39, 0.29) is 34.7 Å². The van der Waals surface area contributed by atoms with Gasteiger partial charge in [-0.2, -0.15) is 0 Å². The van der Waals surface area contributed by atoms with Gasteiger partial charge in [0.05, 0.1) is 5.92 Å². The van der Waals surface area contributed by atoms with Crippen LogP contribution in [0.2, 0.25) is 0 Å². The maximum atomic E-state index is 13.4. The Balaban J connectivity index is 1.30. The molecule has 1 unspecified atom stereocenters. The Hall–Kier alpha value is -1.23. The molecule has 1 N–H and O–H groups in total. The van der Waals surface area contributed by atoms with Gasteiger partial charge in [0.25, 0.3) is 0 Å². The van der Waals surface area contributed by atoms with Gasteiger partial charge in [0.2, 0.25) is 0 Å². The van der Waals surface area contributed by atoms with Crippen LogP contribution in [0.3, 0.4) is 0 Å². The van der Waals surface area contributed by atoms with Gasteiger partial charge in [-0.05, 0) is 87.6 Å². The summed E-state index contributed by atoms with van der Waals surface area (Å²) in [5.74, 6) is 2.07. The number of Topliss-reactive ketones (excluding diaryl/α,β-unsaturated/α-hetero) is 2. The maximum absolute atomic E-state index is 13.4. The number of carbonyl (C=O) groups excluding carboxylic acids is 3. The second-order valence-corrected chi connectivity index (χ2v) is 11.4. The van der Waals surface area contributed by atoms with Crippen molar-refractivity contribution in [3.05, 3.63) is 0 Å². The summed E-state index contributed by atoms with van der Waals surface area (Å²) in [6.45, 7) is 6.26. The topological polar surface area (TPSA) is 72.5 Å². The molecule has 166 valence electrons. The van der Waals surface area contributed by atoms with Gasteiger partial charge in [-0.25, -0.2) is 0 Å². The highest BCUT2D eigenvalue weighted by Crippen LogP contribution is 2.64. The summed E-state index contributed by atoms with van der Waals surface area (Å²) in [7, 11) is 0. The molecule has 0 radical (unpaired) electrons. The normalized spacial score (nSPS) is 46.7. The van der Waals surface area contributed by atoms with Gasteiger partial charge in [0.1, 0.15) is 17.7 Å². The summed E-state index contributed by atoms with van der Waals surface area (Å²) >= 11 is 0. The molecule has 1 saturated heterocycles. The molecule has 1 heterocycles. The molecule has 0 aromatic heterocycles. The largest absolute Gasteiger partial charge is 0.462 e. The molecule has 5 fully saturated rings. The zero-order valence-corrected chi connectivity index (χ0v) is 18.6. The van der Waals surface area contributed by atoms with E-state index >= 15 is 0 Å². The van der Waals surface area contributed by atoms with Crippen molar-refractivity contribution in [2.75, 3.05) is 13.1 Å². The van der Waals surface area contributed by atoms with Gasteiger partial charge in [-0.3, -0.25) is 14.4 Å². The van der Waals surface area contributed by atoms with Crippen LogP contribution in [0.25, 0.3) is 0 Å². The Kier molecular flexibility index (Phi) is 5.11. The first-order valence-electron chi connectivity index (χ1n) is 12.3. The molecule has 0 bridgehead atoms. The van der Waals surface area contributed by atoms with Gasteiger partial charge >= 0.3 is 5.97 Å². The molecular formula is C25H37NO4. The Morgan fingerprint density at radius 1 is 1.00 bits per heavy atom. The van der Waals surface area contributed by atoms with E-state index in [1.807, 2.05) is 0 Å². The highest BCUT2D eigenvalue weighted by Gasteiger charge is 2.62. The van der Waals surface area contributed by atoms with Crippen LogP contribution in [-0.4, -0.2) is 36.7 Å². The highest BCUT2D eigenvalue weighted by atomic mass is 16.5. The number of ketones is 2. The fourth-order valence-electron chi connectivity index (χ4n) is 8.20. The number of piperidine rings is 1. The zero-order chi connectivity index (χ0) is 21.1. The summed E-state index contributed by atoms with van der Waals surface area (Å²) in [6, 6.07) is 0. The van der Waals surface area contributed by atoms with E-state index in [1.54, 1.807) is 0 Å². The summed E-state index contributed by atoms with van der Waals surface area (Å²) < 4.78 is 5.95. The number of ether oxygens (including phenoxy) is 1. The van der Waals surface area contributed by atoms with Crippen molar-refractivity contribution in [1.82, 2.24) is 5.32 Å². The fourth-order valence-corrected chi connectivity index (χ4v) is 8.20. The third kappa shape index (κ3) is 3.10. The van der Waals surface area contributed by atoms with Gasteiger partial charge in [-0.1, -0.05) is 13.8 Å². The second kappa shape index (κ2) is 7.43. The number of esters is 1. The molecule has 5 aliphatic rings. The molecule has 0 aromatic rings. The standard InChI is InChI=1S/C25H37NO4/c1-24-9-5-16(30-23(29)15-7-11-26-12-8-15)13-20(24)21(27)14-17-18-3-4-22(28)25(18,2)10-6-19(17)24/h15-20,26H,3-14H2,1-2H3/t16?,17-,18-,19-,20+,24+,25-/m0/s1. The molecule has 7 atom stereocenters. The third-order valence-corrected chi connectivity index (χ3v) is 10.1. The van der Waals surface area contributed by atoms with Gasteiger partial charge in [0, 0.05) is 24.2 Å². The van der Waals surface area contributed by atoms with Crippen molar-refractivity contribution in [2.45, 2.75) is 84.2 Å². The van der Waals surface area contributed by atoms with Crippen LogP contribution in [0.4, 0.5) is 0 Å². The minimum atomic E-state index is -0.188. The van der Waals surface area contributed by atoms with Crippen LogP contribution in [0.1, 0.15) is 78.1 Å². The van der Waals surface area contributed by atoms with Gasteiger partial charge < -0.3 is 10.1 Å². The summed E-state index contributed by atoms with van der Waals surface area (Å²) in [5, 5.41) is 3.30. The molecule has 0 aromatic carbocycles. The molecule has 1 aliphatic heterocycles. The number of fused-ring (bicyclic) bond motifs is 5. The number of rotatable bonds is 2. The van der Waals surface area contributed by atoms with Crippen molar-refractivity contribution < 1.29 is 19.1 Å². The van der Waals surface area contributed by atoms with Crippen LogP contribution in [-0.2, 0) is 19.1 Å². The predicted molar refractivity (Wildman–Crippen MR) is 113 cm³/mol. The van der Waals surface area contributed by atoms with Crippen molar-refractivity contribution in [2.24, 2.45) is 40.4 Å². The third-order valence-electron chi connectivity index (χ3n) is 10.1. The summed E-state index contributed by atoms with van der Waals surface area (Å²) in [6.07, 6.45) is 8.52. The van der Waals surface area contributed by atoms with Crippen molar-refractivity contribution in [3.8, 4) is 0 Å². The molecule has 0 amide bonds. The Morgan fingerprint density at radius 2 is 1.77 bits per heavy atom. The lowest BCUT2D eigenvalue weighted by Gasteiger charge is -2.59. The molecule has 5 heteroatoms. The van der Waals surface area contributed by atoms with E-state index < -0.39 is 0 Å². The Bertz CT molecular complexity index is 743. The van der Waals surface area contributed by atoms with Crippen molar-refractivity contribution >= 4 is 17.5 Å². The predicted octanol–water partition coefficient (Wildman–Crippen LogP) is 3.69. The van der Waals surface area contributed by atoms with Gasteiger partial charge in [0.15, 0.2) is 0 Å². The molecule has 0 spiro atoms. The Morgan fingerprint density at radius 3 is 2.53 bits per heavy atom. The van der Waals surface area contributed by atoms with E-state index in [2.05, 4.69) is 19.2 Å². The molecule has 4 saturated carbocycles. The van der Waals surface area contributed by atoms with E-state index in [4.69, 9.17) is 4.74 Å². The smallest absolute Gasteiger partial charge is 0.309 e. The monoisotopic (exact) mass is 415 g/mol. The average Bonchev–Trinajstić information content (AvgIpc) is 3.04. The average molecular weight is 416 g/mol. The van der Waals surface area contributed by atoms with Crippen molar-refractivity contribution in [3.63, 3.8) is 0 Å².